The van der Waals surface area contributed by atoms with Crippen LogP contribution in [0.4, 0.5) is 15.8 Å². The number of carbonyl (C=O) groups is 1. The number of nitrogens with two attached hydrogens (primary N) is 1. The van der Waals surface area contributed by atoms with Gasteiger partial charge in [-0.2, -0.15) is 0 Å². The quantitative estimate of drug-likeness (QED) is 0.824. The first-order chi connectivity index (χ1) is 8.95. The molecule has 0 saturated carbocycles. The lowest BCUT2D eigenvalue weighted by Crippen LogP contribution is -2.13. The maximum atomic E-state index is 13.2. The fourth-order valence-corrected chi connectivity index (χ4v) is 1.87. The Morgan fingerprint density at radius 3 is 2.68 bits per heavy atom. The summed E-state index contributed by atoms with van der Waals surface area (Å²) in [7, 11) is 0. The zero-order valence-electron chi connectivity index (χ0n) is 10.2. The van der Waals surface area contributed by atoms with E-state index in [2.05, 4.69) is 5.32 Å². The Bertz CT molecular complexity index is 623. The molecule has 0 saturated heterocycles. The summed E-state index contributed by atoms with van der Waals surface area (Å²) in [6, 6.07) is 8.88. The van der Waals surface area contributed by atoms with E-state index >= 15 is 0 Å². The van der Waals surface area contributed by atoms with Gasteiger partial charge in [0.2, 0.25) is 0 Å². The third-order valence-electron chi connectivity index (χ3n) is 2.54. The minimum absolute atomic E-state index is 0.232. The molecule has 2 rings (SSSR count). The molecule has 0 heterocycles. The predicted molar refractivity (Wildman–Crippen MR) is 75.0 cm³/mol. The summed E-state index contributed by atoms with van der Waals surface area (Å²) in [5.41, 5.74) is 7.40. The van der Waals surface area contributed by atoms with Gasteiger partial charge in [-0.05, 0) is 48.9 Å². The van der Waals surface area contributed by atoms with Crippen molar-refractivity contribution < 1.29 is 9.18 Å². The molecule has 3 nitrogen and oxygen atoms in total. The van der Waals surface area contributed by atoms with Crippen molar-refractivity contribution in [3.8, 4) is 0 Å². The Morgan fingerprint density at radius 2 is 2.00 bits per heavy atom. The van der Waals surface area contributed by atoms with Crippen LogP contribution >= 0.6 is 11.6 Å². The Balaban J connectivity index is 2.28. The molecule has 0 atom stereocenters. The van der Waals surface area contributed by atoms with E-state index in [-0.39, 0.29) is 5.56 Å². The molecule has 0 aromatic heterocycles. The van der Waals surface area contributed by atoms with Crippen molar-refractivity contribution in [2.75, 3.05) is 11.1 Å². The van der Waals surface area contributed by atoms with Gasteiger partial charge in [0.1, 0.15) is 5.82 Å². The van der Waals surface area contributed by atoms with Crippen LogP contribution in [0.5, 0.6) is 0 Å². The maximum Gasteiger partial charge on any atom is 0.255 e. The van der Waals surface area contributed by atoms with Gasteiger partial charge in [0.25, 0.3) is 5.91 Å². The van der Waals surface area contributed by atoms with Gasteiger partial charge in [-0.3, -0.25) is 4.79 Å². The number of nitrogens with one attached hydrogen (secondary N) is 1. The minimum atomic E-state index is -0.455. The topological polar surface area (TPSA) is 55.1 Å². The minimum Gasteiger partial charge on any atom is -0.399 e. The predicted octanol–water partition coefficient (Wildman–Crippen LogP) is 3.62. The third-order valence-corrected chi connectivity index (χ3v) is 2.87. The fourth-order valence-electron chi connectivity index (χ4n) is 1.70. The molecule has 2 aromatic carbocycles. The molecule has 0 aliphatic heterocycles. The summed E-state index contributed by atoms with van der Waals surface area (Å²) >= 11 is 5.95. The molecule has 0 aliphatic carbocycles. The lowest BCUT2D eigenvalue weighted by Gasteiger charge is -2.08. The molecule has 19 heavy (non-hydrogen) atoms. The van der Waals surface area contributed by atoms with Crippen molar-refractivity contribution in [1.82, 2.24) is 0 Å². The van der Waals surface area contributed by atoms with E-state index < -0.39 is 11.7 Å². The number of aryl methyl sites for hydroxylation is 1. The highest BCUT2D eigenvalue weighted by atomic mass is 35.5. The van der Waals surface area contributed by atoms with Crippen LogP contribution in [0.25, 0.3) is 0 Å². The average Bonchev–Trinajstić information content (AvgIpc) is 2.32. The number of carbonyl (C=O) groups excluding carboxylic acids is 1. The van der Waals surface area contributed by atoms with Crippen LogP contribution in [0.1, 0.15) is 15.9 Å². The third kappa shape index (κ3) is 3.23. The van der Waals surface area contributed by atoms with E-state index in [1.54, 1.807) is 31.2 Å². The largest absolute Gasteiger partial charge is 0.399 e. The van der Waals surface area contributed by atoms with E-state index in [0.29, 0.717) is 22.0 Å². The molecule has 0 fully saturated rings. The van der Waals surface area contributed by atoms with E-state index in [1.165, 1.54) is 12.1 Å². The van der Waals surface area contributed by atoms with Crippen LogP contribution in [0.3, 0.4) is 0 Å². The van der Waals surface area contributed by atoms with Crippen molar-refractivity contribution in [3.05, 3.63) is 58.4 Å². The molecule has 1 amide bonds. The van der Waals surface area contributed by atoms with Crippen LogP contribution < -0.4 is 11.1 Å². The standard InChI is InChI=1S/C14H12ClFN2O/c1-8-4-9(6-10(16)5-8)14(19)18-13-7-11(17)2-3-12(13)15/h2-7H,17H2,1H3,(H,18,19). The van der Waals surface area contributed by atoms with Crippen molar-refractivity contribution in [2.24, 2.45) is 0 Å². The normalized spacial score (nSPS) is 10.3. The Morgan fingerprint density at radius 1 is 1.26 bits per heavy atom. The summed E-state index contributed by atoms with van der Waals surface area (Å²) in [4.78, 5) is 12.0. The van der Waals surface area contributed by atoms with Gasteiger partial charge in [-0.25, -0.2) is 4.39 Å². The molecule has 98 valence electrons. The highest BCUT2D eigenvalue weighted by Gasteiger charge is 2.10. The molecule has 0 aliphatic rings. The molecule has 3 N–H and O–H groups in total. The Hall–Kier alpha value is -2.07. The molecule has 2 aromatic rings. The number of nitrogen functional groups attached to an aromatic ring is 1. The Labute approximate surface area is 115 Å². The van der Waals surface area contributed by atoms with Crippen molar-refractivity contribution >= 4 is 28.9 Å². The number of benzene rings is 2. The van der Waals surface area contributed by atoms with Gasteiger partial charge < -0.3 is 11.1 Å². The number of rotatable bonds is 2. The first-order valence-corrected chi connectivity index (χ1v) is 5.97. The number of amides is 1. The summed E-state index contributed by atoms with van der Waals surface area (Å²) in [6.07, 6.45) is 0. The van der Waals surface area contributed by atoms with Crippen LogP contribution in [-0.2, 0) is 0 Å². The molecule has 0 bridgehead atoms. The second kappa shape index (κ2) is 5.28. The van der Waals surface area contributed by atoms with Gasteiger partial charge in [-0.15, -0.1) is 0 Å². The second-order valence-corrected chi connectivity index (χ2v) is 4.62. The first kappa shape index (κ1) is 13.4. The van der Waals surface area contributed by atoms with Crippen LogP contribution in [0.2, 0.25) is 5.02 Å². The van der Waals surface area contributed by atoms with Crippen LogP contribution in [0.15, 0.2) is 36.4 Å². The van der Waals surface area contributed by atoms with E-state index in [0.717, 1.165) is 0 Å². The van der Waals surface area contributed by atoms with Gasteiger partial charge >= 0.3 is 0 Å². The lowest BCUT2D eigenvalue weighted by atomic mass is 10.1. The van der Waals surface area contributed by atoms with Gasteiger partial charge in [-0.1, -0.05) is 11.6 Å². The number of hydrogen-bond donors (Lipinski definition) is 2. The molecule has 0 radical (unpaired) electrons. The molecule has 0 unspecified atom stereocenters. The summed E-state index contributed by atoms with van der Waals surface area (Å²) < 4.78 is 13.2. The smallest absolute Gasteiger partial charge is 0.255 e. The monoisotopic (exact) mass is 278 g/mol. The highest BCUT2D eigenvalue weighted by molar-refractivity contribution is 6.34. The summed E-state index contributed by atoms with van der Waals surface area (Å²) in [6.45, 7) is 1.72. The lowest BCUT2D eigenvalue weighted by molar-refractivity contribution is 0.102. The Kier molecular flexibility index (Phi) is 3.71. The molecule has 0 spiro atoms. The van der Waals surface area contributed by atoms with Crippen LogP contribution in [0, 0.1) is 12.7 Å². The molecular weight excluding hydrogens is 267 g/mol. The van der Waals surface area contributed by atoms with Crippen molar-refractivity contribution in [2.45, 2.75) is 6.92 Å². The van der Waals surface area contributed by atoms with Gasteiger partial charge in [0, 0.05) is 11.3 Å². The molecule has 5 heteroatoms. The number of hydrogen-bond acceptors (Lipinski definition) is 2. The zero-order chi connectivity index (χ0) is 14.0. The summed E-state index contributed by atoms with van der Waals surface area (Å²) in [5, 5.41) is 2.98. The van der Waals surface area contributed by atoms with Crippen LogP contribution in [-0.4, -0.2) is 5.91 Å². The van der Waals surface area contributed by atoms with Gasteiger partial charge in [0.05, 0.1) is 10.7 Å². The maximum absolute atomic E-state index is 13.2. The molecular formula is C14H12ClFN2O. The number of anilines is 2. The van der Waals surface area contributed by atoms with Crippen molar-refractivity contribution in [1.29, 1.82) is 0 Å². The van der Waals surface area contributed by atoms with Crippen molar-refractivity contribution in [3.63, 3.8) is 0 Å². The van der Waals surface area contributed by atoms with E-state index in [9.17, 15) is 9.18 Å². The van der Waals surface area contributed by atoms with E-state index in [1.807, 2.05) is 0 Å². The average molecular weight is 279 g/mol. The zero-order valence-corrected chi connectivity index (χ0v) is 11.0. The SMILES string of the molecule is Cc1cc(F)cc(C(=O)Nc2cc(N)ccc2Cl)c1. The summed E-state index contributed by atoms with van der Waals surface area (Å²) in [5.74, 6) is -0.890. The fraction of sp³-hybridized carbons (Fsp3) is 0.0714. The van der Waals surface area contributed by atoms with Gasteiger partial charge in [0.15, 0.2) is 0 Å². The first-order valence-electron chi connectivity index (χ1n) is 5.59. The second-order valence-electron chi connectivity index (χ2n) is 4.21. The highest BCUT2D eigenvalue weighted by Crippen LogP contribution is 2.24. The number of halogens is 2. The van der Waals surface area contributed by atoms with E-state index in [4.69, 9.17) is 17.3 Å².